The van der Waals surface area contributed by atoms with Crippen molar-refractivity contribution in [1.82, 2.24) is 4.90 Å². The summed E-state index contributed by atoms with van der Waals surface area (Å²) in [6.45, 7) is -0.0305. The fourth-order valence-electron chi connectivity index (χ4n) is 3.27. The maximum atomic E-state index is 12.5. The second kappa shape index (κ2) is 5.80. The van der Waals surface area contributed by atoms with Gasteiger partial charge in [0, 0.05) is 6.54 Å². The molecule has 0 atom stereocenters. The molecular formula is C19H14N2O5. The zero-order valence-electron chi connectivity index (χ0n) is 13.9. The number of benzene rings is 2. The van der Waals surface area contributed by atoms with Gasteiger partial charge in [0.2, 0.25) is 11.4 Å². The molecule has 0 saturated heterocycles. The van der Waals surface area contributed by atoms with Gasteiger partial charge in [-0.2, -0.15) is 4.74 Å². The summed E-state index contributed by atoms with van der Waals surface area (Å²) in [4.78, 5) is 38.3. The number of carbonyl (C=O) groups is 3. The number of hydrogen-bond acceptors (Lipinski definition) is 5. The Hall–Kier alpha value is -3.48. The average molecular weight is 350 g/mol. The van der Waals surface area contributed by atoms with Crippen molar-refractivity contribution in [3.05, 3.63) is 64.4 Å². The van der Waals surface area contributed by atoms with Crippen LogP contribution in [0.15, 0.2) is 42.5 Å². The lowest BCUT2D eigenvalue weighted by atomic mass is 10.1. The van der Waals surface area contributed by atoms with Gasteiger partial charge in [-0.3, -0.25) is 19.3 Å². The van der Waals surface area contributed by atoms with Crippen LogP contribution >= 0.6 is 0 Å². The minimum absolute atomic E-state index is 0.00445. The van der Waals surface area contributed by atoms with Crippen LogP contribution in [0.1, 0.15) is 37.5 Å². The summed E-state index contributed by atoms with van der Waals surface area (Å²) < 4.78 is 5.63. The molecule has 0 radical (unpaired) electrons. The van der Waals surface area contributed by atoms with Crippen molar-refractivity contribution < 1.29 is 23.9 Å². The van der Waals surface area contributed by atoms with Crippen molar-refractivity contribution >= 4 is 29.0 Å². The summed E-state index contributed by atoms with van der Waals surface area (Å²) in [6, 6.07) is 11.2. The van der Waals surface area contributed by atoms with Gasteiger partial charge < -0.3 is 9.94 Å². The van der Waals surface area contributed by atoms with Crippen molar-refractivity contribution in [2.24, 2.45) is 0 Å². The van der Waals surface area contributed by atoms with E-state index in [-0.39, 0.29) is 29.9 Å². The van der Waals surface area contributed by atoms with E-state index in [1.54, 1.807) is 30.3 Å². The minimum atomic E-state index is -0.409. The smallest absolute Gasteiger partial charge is 0.261 e. The Morgan fingerprint density at radius 2 is 1.65 bits per heavy atom. The number of nitrogens with zero attached hydrogens (tertiary/aromatic N) is 2. The van der Waals surface area contributed by atoms with Gasteiger partial charge in [0.15, 0.2) is 0 Å². The Kier molecular flexibility index (Phi) is 3.57. The van der Waals surface area contributed by atoms with Gasteiger partial charge in [-0.05, 0) is 24.3 Å². The largest absolute Gasteiger partial charge is 0.618 e. The van der Waals surface area contributed by atoms with E-state index in [0.29, 0.717) is 21.6 Å². The van der Waals surface area contributed by atoms with Gasteiger partial charge in [0.25, 0.3) is 17.6 Å². The quantitative estimate of drug-likeness (QED) is 0.479. The molecular weight excluding hydrogens is 336 g/mol. The first kappa shape index (κ1) is 16.0. The average Bonchev–Trinajstić information content (AvgIpc) is 3.05. The highest BCUT2D eigenvalue weighted by molar-refractivity contribution is 6.47. The summed E-state index contributed by atoms with van der Waals surface area (Å²) in [5.41, 5.74) is 1.19. The van der Waals surface area contributed by atoms with Crippen LogP contribution in [0.4, 0.5) is 5.69 Å². The third-order valence-electron chi connectivity index (χ3n) is 4.63. The highest BCUT2D eigenvalue weighted by atomic mass is 16.5. The second-order valence-corrected chi connectivity index (χ2v) is 6.01. The van der Waals surface area contributed by atoms with E-state index in [2.05, 4.69) is 0 Å². The number of carbonyl (C=O) groups excluding carboxylic acids is 3. The number of Topliss-reactive ketones (excluding diaryl/α,β-unsaturated/α-hetero) is 1. The molecule has 2 amide bonds. The van der Waals surface area contributed by atoms with Crippen LogP contribution in [0.25, 0.3) is 0 Å². The molecule has 2 aliphatic heterocycles. The van der Waals surface area contributed by atoms with E-state index in [0.717, 1.165) is 4.90 Å². The van der Waals surface area contributed by atoms with E-state index < -0.39 is 17.6 Å². The van der Waals surface area contributed by atoms with E-state index in [1.807, 2.05) is 0 Å². The number of amides is 2. The van der Waals surface area contributed by atoms with Gasteiger partial charge in [-0.15, -0.1) is 0 Å². The maximum Gasteiger partial charge on any atom is 0.261 e. The van der Waals surface area contributed by atoms with Gasteiger partial charge in [-0.25, -0.2) is 0 Å². The lowest BCUT2D eigenvalue weighted by molar-refractivity contribution is -0.357. The lowest BCUT2D eigenvalue weighted by Gasteiger charge is -2.12. The molecule has 0 aliphatic carbocycles. The second-order valence-electron chi connectivity index (χ2n) is 6.01. The maximum absolute atomic E-state index is 12.5. The zero-order chi connectivity index (χ0) is 18.4. The van der Waals surface area contributed by atoms with Crippen LogP contribution in [0.3, 0.4) is 0 Å². The Morgan fingerprint density at radius 3 is 2.27 bits per heavy atom. The molecule has 2 aliphatic rings. The van der Waals surface area contributed by atoms with Crippen molar-refractivity contribution in [3.8, 4) is 5.75 Å². The van der Waals surface area contributed by atoms with Gasteiger partial charge in [-0.1, -0.05) is 12.1 Å². The predicted molar refractivity (Wildman–Crippen MR) is 92.0 cm³/mol. The number of ketones is 1. The zero-order valence-corrected chi connectivity index (χ0v) is 13.9. The van der Waals surface area contributed by atoms with Gasteiger partial charge in [0.1, 0.15) is 11.3 Å². The molecule has 26 heavy (non-hydrogen) atoms. The van der Waals surface area contributed by atoms with E-state index in [4.69, 9.17) is 4.74 Å². The van der Waals surface area contributed by atoms with Crippen molar-refractivity contribution in [2.75, 3.05) is 13.7 Å². The van der Waals surface area contributed by atoms with Crippen LogP contribution in [0, 0.1) is 5.21 Å². The van der Waals surface area contributed by atoms with Crippen LogP contribution in [-0.2, 0) is 0 Å². The minimum Gasteiger partial charge on any atom is -0.618 e. The number of ether oxygens (including phenoxy) is 1. The summed E-state index contributed by atoms with van der Waals surface area (Å²) in [5, 5.41) is 12.5. The molecule has 2 aromatic carbocycles. The topological polar surface area (TPSA) is 89.8 Å². The third-order valence-corrected chi connectivity index (χ3v) is 4.63. The first-order valence-electron chi connectivity index (χ1n) is 8.04. The molecule has 0 spiro atoms. The van der Waals surface area contributed by atoms with E-state index in [9.17, 15) is 19.6 Å². The van der Waals surface area contributed by atoms with E-state index in [1.165, 1.54) is 19.2 Å². The summed E-state index contributed by atoms with van der Waals surface area (Å²) >= 11 is 0. The Balaban J connectivity index is 1.58. The molecule has 0 bridgehead atoms. The molecule has 0 fully saturated rings. The molecule has 2 heterocycles. The third kappa shape index (κ3) is 2.21. The predicted octanol–water partition coefficient (Wildman–Crippen LogP) is 2.16. The van der Waals surface area contributed by atoms with Crippen LogP contribution < -0.4 is 4.74 Å². The molecule has 0 saturated carbocycles. The summed E-state index contributed by atoms with van der Waals surface area (Å²) in [6.07, 6.45) is -0.00913. The highest BCUT2D eigenvalue weighted by Crippen LogP contribution is 2.31. The van der Waals surface area contributed by atoms with Crippen LogP contribution in [-0.4, -0.2) is 46.6 Å². The summed E-state index contributed by atoms with van der Waals surface area (Å²) in [7, 11) is 1.47. The van der Waals surface area contributed by atoms with Crippen LogP contribution in [0.5, 0.6) is 5.75 Å². The molecule has 130 valence electrons. The lowest BCUT2D eigenvalue weighted by Crippen LogP contribution is -2.33. The monoisotopic (exact) mass is 350 g/mol. The Bertz CT molecular complexity index is 974. The number of imide groups is 1. The van der Waals surface area contributed by atoms with Gasteiger partial charge >= 0.3 is 0 Å². The number of fused-ring (bicyclic) bond motifs is 2. The molecule has 7 heteroatoms. The number of rotatable bonds is 4. The van der Waals surface area contributed by atoms with E-state index >= 15 is 0 Å². The molecule has 0 N–H and O–H groups in total. The molecule has 0 unspecified atom stereocenters. The van der Waals surface area contributed by atoms with Gasteiger partial charge in [0.05, 0.1) is 30.7 Å². The summed E-state index contributed by atoms with van der Waals surface area (Å²) in [5.74, 6) is -0.741. The fraction of sp³-hybridized carbons (Fsp3) is 0.158. The standard InChI is InChI=1S/C19H14N2O5/c1-26-11-6-7-14-16(10-11)21(25)15(17(14)22)8-9-20-18(23)12-4-2-3-5-13(12)19(20)24/h2-7,10H,8-9H2,1H3. The number of methoxy groups -OCH3 is 1. The van der Waals surface area contributed by atoms with Crippen LogP contribution in [0.2, 0.25) is 0 Å². The SMILES string of the molecule is COc1ccc2c(c1)[N+]([O-])=C(CCN1C(=O)c3ccccc3C1=O)C2=O. The van der Waals surface area contributed by atoms with Crippen molar-refractivity contribution in [1.29, 1.82) is 0 Å². The molecule has 7 nitrogen and oxygen atoms in total. The molecule has 4 rings (SSSR count). The normalized spacial score (nSPS) is 15.6. The first-order valence-corrected chi connectivity index (χ1v) is 8.04. The highest BCUT2D eigenvalue weighted by Gasteiger charge is 2.39. The Morgan fingerprint density at radius 1 is 1.00 bits per heavy atom. The molecule has 0 aromatic heterocycles. The number of hydrogen-bond donors (Lipinski definition) is 0. The van der Waals surface area contributed by atoms with Crippen molar-refractivity contribution in [3.63, 3.8) is 0 Å². The molecule has 2 aromatic rings. The first-order chi connectivity index (χ1) is 12.5. The van der Waals surface area contributed by atoms with Crippen molar-refractivity contribution in [2.45, 2.75) is 6.42 Å². The fourth-order valence-corrected chi connectivity index (χ4v) is 3.27. The Labute approximate surface area is 148 Å².